The van der Waals surface area contributed by atoms with E-state index in [0.29, 0.717) is 12.6 Å². The molecular weight excluding hydrogens is 282 g/mol. The second-order valence-electron chi connectivity index (χ2n) is 4.79. The first-order valence-electron chi connectivity index (χ1n) is 6.98. The van der Waals surface area contributed by atoms with E-state index in [9.17, 15) is 4.79 Å². The molecule has 0 fully saturated rings. The van der Waals surface area contributed by atoms with E-state index in [-0.39, 0.29) is 19.1 Å². The average Bonchev–Trinajstić information content (AvgIpc) is 2.54. The van der Waals surface area contributed by atoms with E-state index in [1.54, 1.807) is 30.4 Å². The van der Waals surface area contributed by atoms with Gasteiger partial charge in [-0.15, -0.1) is 0 Å². The molecule has 2 rings (SSSR count). The standard InChI is InChI=1S/C16H19N3O3/c1-13-4-6-14(7-5-13)21-10-11-22-15(20)12-19(2)16-17-8-3-9-18-16/h3-9H,10-12H2,1-2H3. The van der Waals surface area contributed by atoms with E-state index >= 15 is 0 Å². The minimum Gasteiger partial charge on any atom is -0.490 e. The fraction of sp³-hybridized carbons (Fsp3) is 0.312. The van der Waals surface area contributed by atoms with E-state index in [1.165, 1.54) is 5.56 Å². The Kier molecular flexibility index (Phi) is 5.71. The van der Waals surface area contributed by atoms with Crippen molar-refractivity contribution in [3.63, 3.8) is 0 Å². The molecule has 22 heavy (non-hydrogen) atoms. The zero-order valence-electron chi connectivity index (χ0n) is 12.7. The minimum absolute atomic E-state index is 0.0918. The predicted molar refractivity (Wildman–Crippen MR) is 82.9 cm³/mol. The summed E-state index contributed by atoms with van der Waals surface area (Å²) in [6, 6.07) is 9.43. The second-order valence-corrected chi connectivity index (χ2v) is 4.79. The van der Waals surface area contributed by atoms with Crippen LogP contribution in [-0.2, 0) is 9.53 Å². The van der Waals surface area contributed by atoms with Crippen LogP contribution in [0.4, 0.5) is 5.95 Å². The molecule has 6 heteroatoms. The van der Waals surface area contributed by atoms with Crippen LogP contribution in [-0.4, -0.2) is 42.7 Å². The van der Waals surface area contributed by atoms with Crippen LogP contribution in [0.25, 0.3) is 0 Å². The molecule has 6 nitrogen and oxygen atoms in total. The molecule has 0 unspecified atom stereocenters. The Morgan fingerprint density at radius 1 is 1.14 bits per heavy atom. The Bertz CT molecular complexity index is 587. The van der Waals surface area contributed by atoms with Crippen molar-refractivity contribution in [3.05, 3.63) is 48.3 Å². The number of rotatable bonds is 7. The number of likely N-dealkylation sites (N-methyl/N-ethyl adjacent to an activating group) is 1. The highest BCUT2D eigenvalue weighted by Gasteiger charge is 2.10. The summed E-state index contributed by atoms with van der Waals surface area (Å²) >= 11 is 0. The van der Waals surface area contributed by atoms with Crippen molar-refractivity contribution in [1.29, 1.82) is 0 Å². The summed E-state index contributed by atoms with van der Waals surface area (Å²) < 4.78 is 10.6. The van der Waals surface area contributed by atoms with Gasteiger partial charge in [0.15, 0.2) is 0 Å². The van der Waals surface area contributed by atoms with E-state index < -0.39 is 0 Å². The van der Waals surface area contributed by atoms with Crippen molar-refractivity contribution in [2.45, 2.75) is 6.92 Å². The Labute approximate surface area is 129 Å². The number of ether oxygens (including phenoxy) is 2. The fourth-order valence-electron chi connectivity index (χ4n) is 1.75. The van der Waals surface area contributed by atoms with Gasteiger partial charge >= 0.3 is 5.97 Å². The number of carbonyl (C=O) groups is 1. The number of carbonyl (C=O) groups excluding carboxylic acids is 1. The zero-order chi connectivity index (χ0) is 15.8. The monoisotopic (exact) mass is 301 g/mol. The maximum Gasteiger partial charge on any atom is 0.325 e. The first-order valence-corrected chi connectivity index (χ1v) is 6.98. The molecule has 0 atom stereocenters. The lowest BCUT2D eigenvalue weighted by molar-refractivity contribution is -0.142. The van der Waals surface area contributed by atoms with Gasteiger partial charge in [-0.2, -0.15) is 0 Å². The highest BCUT2D eigenvalue weighted by atomic mass is 16.6. The summed E-state index contributed by atoms with van der Waals surface area (Å²) in [4.78, 5) is 21.5. The lowest BCUT2D eigenvalue weighted by Crippen LogP contribution is -2.29. The van der Waals surface area contributed by atoms with Crippen molar-refractivity contribution in [2.24, 2.45) is 0 Å². The molecule has 0 aliphatic rings. The topological polar surface area (TPSA) is 64.6 Å². The summed E-state index contributed by atoms with van der Waals surface area (Å²) in [6.45, 7) is 2.63. The Morgan fingerprint density at radius 2 is 1.82 bits per heavy atom. The largest absolute Gasteiger partial charge is 0.490 e. The van der Waals surface area contributed by atoms with Gasteiger partial charge < -0.3 is 14.4 Å². The number of esters is 1. The summed E-state index contributed by atoms with van der Waals surface area (Å²) in [5.41, 5.74) is 1.17. The zero-order valence-corrected chi connectivity index (χ0v) is 12.7. The summed E-state index contributed by atoms with van der Waals surface area (Å²) in [5, 5.41) is 0. The Hall–Kier alpha value is -2.63. The van der Waals surface area contributed by atoms with Crippen LogP contribution in [0.15, 0.2) is 42.7 Å². The number of nitrogens with zero attached hydrogens (tertiary/aromatic N) is 3. The van der Waals surface area contributed by atoms with Gasteiger partial charge in [0.2, 0.25) is 5.95 Å². The summed E-state index contributed by atoms with van der Waals surface area (Å²) in [5.74, 6) is 0.897. The second kappa shape index (κ2) is 7.97. The third kappa shape index (κ3) is 5.05. The third-order valence-corrected chi connectivity index (χ3v) is 2.90. The first-order chi connectivity index (χ1) is 10.6. The van der Waals surface area contributed by atoms with Gasteiger partial charge in [-0.25, -0.2) is 9.97 Å². The van der Waals surface area contributed by atoms with Crippen LogP contribution >= 0.6 is 0 Å². The molecule has 0 N–H and O–H groups in total. The number of hydrogen-bond acceptors (Lipinski definition) is 6. The van der Waals surface area contributed by atoms with Gasteiger partial charge in [0.25, 0.3) is 0 Å². The van der Waals surface area contributed by atoms with Crippen LogP contribution in [0.2, 0.25) is 0 Å². The van der Waals surface area contributed by atoms with Crippen LogP contribution < -0.4 is 9.64 Å². The number of aromatic nitrogens is 2. The normalized spacial score (nSPS) is 10.1. The minimum atomic E-state index is -0.345. The summed E-state index contributed by atoms with van der Waals surface area (Å²) in [7, 11) is 1.74. The third-order valence-electron chi connectivity index (χ3n) is 2.90. The first kappa shape index (κ1) is 15.8. The molecular formula is C16H19N3O3. The van der Waals surface area contributed by atoms with Crippen LogP contribution in [0.3, 0.4) is 0 Å². The molecule has 1 heterocycles. The number of hydrogen-bond donors (Lipinski definition) is 0. The fourth-order valence-corrected chi connectivity index (χ4v) is 1.75. The van der Waals surface area contributed by atoms with Gasteiger partial charge in [-0.1, -0.05) is 17.7 Å². The number of anilines is 1. The van der Waals surface area contributed by atoms with E-state index in [0.717, 1.165) is 5.75 Å². The average molecular weight is 301 g/mol. The molecule has 0 bridgehead atoms. The van der Waals surface area contributed by atoms with Crippen LogP contribution in [0, 0.1) is 6.92 Å². The van der Waals surface area contributed by atoms with Crippen molar-refractivity contribution in [2.75, 3.05) is 31.7 Å². The van der Waals surface area contributed by atoms with Gasteiger partial charge in [0.1, 0.15) is 25.5 Å². The molecule has 0 saturated heterocycles. The Morgan fingerprint density at radius 3 is 2.50 bits per heavy atom. The molecule has 0 aliphatic heterocycles. The molecule has 0 spiro atoms. The molecule has 116 valence electrons. The Balaban J connectivity index is 1.66. The van der Waals surface area contributed by atoms with Crippen molar-refractivity contribution in [1.82, 2.24) is 9.97 Å². The van der Waals surface area contributed by atoms with Gasteiger partial charge in [0, 0.05) is 19.4 Å². The van der Waals surface area contributed by atoms with Gasteiger partial charge in [-0.05, 0) is 25.1 Å². The van der Waals surface area contributed by atoms with E-state index in [2.05, 4.69) is 9.97 Å². The molecule has 1 aromatic carbocycles. The number of aryl methyl sites for hydroxylation is 1. The quantitative estimate of drug-likeness (QED) is 0.574. The molecule has 0 amide bonds. The van der Waals surface area contributed by atoms with Gasteiger partial charge in [0.05, 0.1) is 0 Å². The molecule has 0 saturated carbocycles. The van der Waals surface area contributed by atoms with Crippen LogP contribution in [0.5, 0.6) is 5.75 Å². The van der Waals surface area contributed by atoms with E-state index in [1.807, 2.05) is 31.2 Å². The molecule has 2 aromatic rings. The highest BCUT2D eigenvalue weighted by Crippen LogP contribution is 2.11. The SMILES string of the molecule is Cc1ccc(OCCOC(=O)CN(C)c2ncccn2)cc1. The maximum absolute atomic E-state index is 11.7. The molecule has 1 aromatic heterocycles. The van der Waals surface area contributed by atoms with Crippen LogP contribution in [0.1, 0.15) is 5.56 Å². The maximum atomic E-state index is 11.7. The lowest BCUT2D eigenvalue weighted by atomic mass is 10.2. The smallest absolute Gasteiger partial charge is 0.325 e. The molecule has 0 radical (unpaired) electrons. The van der Waals surface area contributed by atoms with Gasteiger partial charge in [-0.3, -0.25) is 4.79 Å². The van der Waals surface area contributed by atoms with E-state index in [4.69, 9.17) is 9.47 Å². The highest BCUT2D eigenvalue weighted by molar-refractivity contribution is 5.74. The lowest BCUT2D eigenvalue weighted by Gasteiger charge is -2.15. The summed E-state index contributed by atoms with van der Waals surface area (Å²) in [6.07, 6.45) is 3.25. The van der Waals surface area contributed by atoms with Crippen molar-refractivity contribution < 1.29 is 14.3 Å². The van der Waals surface area contributed by atoms with Crippen molar-refractivity contribution >= 4 is 11.9 Å². The number of benzene rings is 1. The van der Waals surface area contributed by atoms with Crippen molar-refractivity contribution in [3.8, 4) is 5.75 Å². The molecule has 0 aliphatic carbocycles. The predicted octanol–water partition coefficient (Wildman–Crippen LogP) is 1.84.